The number of nitrogens with one attached hydrogen (secondary N) is 2. The van der Waals surface area contributed by atoms with Gasteiger partial charge in [0.2, 0.25) is 0 Å². The third kappa shape index (κ3) is 2.67. The molecule has 0 saturated carbocycles. The lowest BCUT2D eigenvalue weighted by atomic mass is 10.1. The van der Waals surface area contributed by atoms with Gasteiger partial charge in [-0.05, 0) is 29.8 Å². The summed E-state index contributed by atoms with van der Waals surface area (Å²) in [6, 6.07) is 9.16. The number of halogens is 2. The molecule has 0 unspecified atom stereocenters. The van der Waals surface area contributed by atoms with Gasteiger partial charge in [0, 0.05) is 30.8 Å². The number of carbonyl (C=O) groups excluding carboxylic acids is 1. The molecule has 2 N–H and O–H groups in total. The van der Waals surface area contributed by atoms with Gasteiger partial charge in [-0.25, -0.2) is 13.8 Å². The first-order chi connectivity index (χ1) is 10.6. The zero-order valence-electron chi connectivity index (χ0n) is 11.8. The zero-order valence-corrected chi connectivity index (χ0v) is 11.8. The van der Waals surface area contributed by atoms with Crippen molar-refractivity contribution < 1.29 is 13.6 Å². The third-order valence-corrected chi connectivity index (χ3v) is 3.38. The van der Waals surface area contributed by atoms with E-state index in [0.29, 0.717) is 34.8 Å². The Morgan fingerprint density at radius 2 is 1.95 bits per heavy atom. The van der Waals surface area contributed by atoms with Crippen molar-refractivity contribution in [2.45, 2.75) is 6.42 Å². The molecule has 2 aromatic rings. The lowest BCUT2D eigenvalue weighted by molar-refractivity contribution is 0.0963. The summed E-state index contributed by atoms with van der Waals surface area (Å²) in [6.07, 6.45) is 0.386. The summed E-state index contributed by atoms with van der Waals surface area (Å²) < 4.78 is 26.4. The van der Waals surface area contributed by atoms with Gasteiger partial charge in [0.15, 0.2) is 11.6 Å². The average Bonchev–Trinajstić information content (AvgIpc) is 2.88. The molecule has 1 heterocycles. The predicted molar refractivity (Wildman–Crippen MR) is 80.6 cm³/mol. The Kier molecular flexibility index (Phi) is 3.58. The average molecular weight is 301 g/mol. The van der Waals surface area contributed by atoms with Crippen molar-refractivity contribution in [2.24, 2.45) is 4.99 Å². The van der Waals surface area contributed by atoms with E-state index < -0.39 is 11.6 Å². The molecule has 0 atom stereocenters. The van der Waals surface area contributed by atoms with Crippen LogP contribution < -0.4 is 10.6 Å². The molecule has 4 nitrogen and oxygen atoms in total. The smallest absolute Gasteiger partial charge is 0.251 e. The topological polar surface area (TPSA) is 53.5 Å². The summed E-state index contributed by atoms with van der Waals surface area (Å²) in [4.78, 5) is 15.8. The fourth-order valence-corrected chi connectivity index (χ4v) is 2.31. The van der Waals surface area contributed by atoms with Crippen LogP contribution in [0.2, 0.25) is 0 Å². The van der Waals surface area contributed by atoms with Crippen molar-refractivity contribution in [1.82, 2.24) is 5.32 Å². The SMILES string of the molecule is CNC(=O)c1cccc(NC2=Nc3cc(F)c(F)cc3C2)c1. The predicted octanol–water partition coefficient (Wildman–Crippen LogP) is 3.02. The number of amidine groups is 1. The van der Waals surface area contributed by atoms with Crippen LogP contribution >= 0.6 is 0 Å². The molecule has 22 heavy (non-hydrogen) atoms. The lowest BCUT2D eigenvalue weighted by Crippen LogP contribution is -2.18. The Labute approximate surface area is 125 Å². The number of aliphatic imine (C=N–C) groups is 1. The molecule has 2 aromatic carbocycles. The van der Waals surface area contributed by atoms with E-state index in [2.05, 4.69) is 15.6 Å². The van der Waals surface area contributed by atoms with Crippen LogP contribution in [0, 0.1) is 11.6 Å². The number of nitrogens with zero attached hydrogens (tertiary/aromatic N) is 1. The summed E-state index contributed by atoms with van der Waals surface area (Å²) in [5.41, 5.74) is 2.25. The van der Waals surface area contributed by atoms with Crippen molar-refractivity contribution in [3.05, 3.63) is 59.2 Å². The minimum absolute atomic E-state index is 0.190. The lowest BCUT2D eigenvalue weighted by Gasteiger charge is -2.07. The van der Waals surface area contributed by atoms with E-state index >= 15 is 0 Å². The van der Waals surface area contributed by atoms with E-state index in [0.717, 1.165) is 12.1 Å². The van der Waals surface area contributed by atoms with Crippen LogP contribution in [-0.4, -0.2) is 18.8 Å². The molecule has 112 valence electrons. The fraction of sp³-hybridized carbons (Fsp3) is 0.125. The van der Waals surface area contributed by atoms with Gasteiger partial charge in [0.1, 0.15) is 5.84 Å². The third-order valence-electron chi connectivity index (χ3n) is 3.38. The minimum Gasteiger partial charge on any atom is -0.355 e. The Morgan fingerprint density at radius 1 is 1.18 bits per heavy atom. The van der Waals surface area contributed by atoms with Gasteiger partial charge in [-0.1, -0.05) is 6.07 Å². The minimum atomic E-state index is -0.912. The van der Waals surface area contributed by atoms with Crippen LogP contribution in [0.15, 0.2) is 41.4 Å². The molecular formula is C16H13F2N3O. The molecule has 0 aliphatic carbocycles. The number of hydrogen-bond donors (Lipinski definition) is 2. The molecule has 0 aromatic heterocycles. The maximum atomic E-state index is 13.2. The highest BCUT2D eigenvalue weighted by Crippen LogP contribution is 2.29. The van der Waals surface area contributed by atoms with E-state index in [4.69, 9.17) is 0 Å². The molecule has 0 fully saturated rings. The van der Waals surface area contributed by atoms with Crippen molar-refractivity contribution in [3.8, 4) is 0 Å². The first-order valence-corrected chi connectivity index (χ1v) is 6.71. The Bertz CT molecular complexity index is 787. The second-order valence-electron chi connectivity index (χ2n) is 4.92. The first-order valence-electron chi connectivity index (χ1n) is 6.71. The Balaban J connectivity index is 1.81. The monoisotopic (exact) mass is 301 g/mol. The second-order valence-corrected chi connectivity index (χ2v) is 4.92. The van der Waals surface area contributed by atoms with E-state index in [1.54, 1.807) is 31.3 Å². The van der Waals surface area contributed by atoms with Crippen LogP contribution in [0.25, 0.3) is 0 Å². The van der Waals surface area contributed by atoms with Gasteiger partial charge in [-0.3, -0.25) is 4.79 Å². The molecule has 0 bridgehead atoms. The standard InChI is InChI=1S/C16H13F2N3O/c1-19-16(22)9-3-2-4-11(5-9)20-15-7-10-6-12(17)13(18)8-14(10)21-15/h2-6,8H,7H2,1H3,(H,19,22)(H,20,21). The van der Waals surface area contributed by atoms with Crippen LogP contribution in [0.5, 0.6) is 0 Å². The number of carbonyl (C=O) groups is 1. The summed E-state index contributed by atoms with van der Waals surface area (Å²) in [6.45, 7) is 0. The number of hydrogen-bond acceptors (Lipinski definition) is 3. The second kappa shape index (κ2) is 5.55. The highest BCUT2D eigenvalue weighted by molar-refractivity contribution is 6.03. The molecule has 0 radical (unpaired) electrons. The van der Waals surface area contributed by atoms with Gasteiger partial charge in [0.25, 0.3) is 5.91 Å². The van der Waals surface area contributed by atoms with Crippen molar-refractivity contribution in [3.63, 3.8) is 0 Å². The maximum absolute atomic E-state index is 13.2. The molecule has 1 aliphatic heterocycles. The normalized spacial score (nSPS) is 12.6. The highest BCUT2D eigenvalue weighted by atomic mass is 19.2. The number of fused-ring (bicyclic) bond motifs is 1. The maximum Gasteiger partial charge on any atom is 0.251 e. The van der Waals surface area contributed by atoms with Crippen LogP contribution in [-0.2, 0) is 6.42 Å². The number of benzene rings is 2. The van der Waals surface area contributed by atoms with Gasteiger partial charge in [-0.2, -0.15) is 0 Å². The van der Waals surface area contributed by atoms with Gasteiger partial charge in [0.05, 0.1) is 5.69 Å². The van der Waals surface area contributed by atoms with Crippen molar-refractivity contribution in [2.75, 3.05) is 12.4 Å². The number of anilines is 1. The summed E-state index contributed by atoms with van der Waals surface area (Å²) in [7, 11) is 1.56. The van der Waals surface area contributed by atoms with Crippen LogP contribution in [0.4, 0.5) is 20.2 Å². The Morgan fingerprint density at radius 3 is 2.73 bits per heavy atom. The molecule has 6 heteroatoms. The molecule has 1 aliphatic rings. The van der Waals surface area contributed by atoms with E-state index in [9.17, 15) is 13.6 Å². The molecule has 3 rings (SSSR count). The van der Waals surface area contributed by atoms with E-state index in [1.165, 1.54) is 0 Å². The number of rotatable bonds is 2. The zero-order chi connectivity index (χ0) is 15.7. The van der Waals surface area contributed by atoms with Gasteiger partial charge >= 0.3 is 0 Å². The fourth-order valence-electron chi connectivity index (χ4n) is 2.31. The van der Waals surface area contributed by atoms with Crippen LogP contribution in [0.3, 0.4) is 0 Å². The van der Waals surface area contributed by atoms with Crippen molar-refractivity contribution in [1.29, 1.82) is 0 Å². The van der Waals surface area contributed by atoms with Crippen molar-refractivity contribution >= 4 is 23.1 Å². The van der Waals surface area contributed by atoms with E-state index in [-0.39, 0.29) is 5.91 Å². The van der Waals surface area contributed by atoms with Gasteiger partial charge < -0.3 is 10.6 Å². The number of amides is 1. The summed E-state index contributed by atoms with van der Waals surface area (Å²) in [5.74, 6) is -1.40. The van der Waals surface area contributed by atoms with E-state index in [1.807, 2.05) is 0 Å². The first kappa shape index (κ1) is 14.2. The molecule has 0 spiro atoms. The summed E-state index contributed by atoms with van der Waals surface area (Å²) in [5, 5.41) is 5.62. The molecule has 1 amide bonds. The van der Waals surface area contributed by atoms with Gasteiger partial charge in [-0.15, -0.1) is 0 Å². The quantitative estimate of drug-likeness (QED) is 0.896. The van der Waals surface area contributed by atoms with Crippen LogP contribution in [0.1, 0.15) is 15.9 Å². The highest BCUT2D eigenvalue weighted by Gasteiger charge is 2.18. The molecule has 0 saturated heterocycles. The Hall–Kier alpha value is -2.76. The largest absolute Gasteiger partial charge is 0.355 e. The molecular weight excluding hydrogens is 288 g/mol. The summed E-state index contributed by atoms with van der Waals surface area (Å²) >= 11 is 0.